The van der Waals surface area contributed by atoms with E-state index >= 15 is 0 Å². The second kappa shape index (κ2) is 4.18. The molecule has 0 aliphatic heterocycles. The van der Waals surface area contributed by atoms with E-state index in [1.54, 1.807) is 18.2 Å². The topological polar surface area (TPSA) is 39.4 Å². The van der Waals surface area contributed by atoms with Gasteiger partial charge in [-0.3, -0.25) is 0 Å². The van der Waals surface area contributed by atoms with Gasteiger partial charge in [0, 0.05) is 5.56 Å². The van der Waals surface area contributed by atoms with E-state index in [1.807, 2.05) is 0 Å². The van der Waals surface area contributed by atoms with Crippen molar-refractivity contribution in [3.8, 4) is 11.3 Å². The van der Waals surface area contributed by atoms with Crippen LogP contribution in [0.5, 0.6) is 0 Å². The number of furan rings is 1. The van der Waals surface area contributed by atoms with Crippen LogP contribution in [0.1, 0.15) is 10.6 Å². The fraction of sp³-hybridized carbons (Fsp3) is 0.0833. The van der Waals surface area contributed by atoms with Crippen LogP contribution in [0, 0.1) is 5.82 Å². The zero-order valence-electron chi connectivity index (χ0n) is 8.57. The first-order valence-electron chi connectivity index (χ1n) is 4.65. The summed E-state index contributed by atoms with van der Waals surface area (Å²) >= 11 is 0. The Morgan fingerprint density at radius 1 is 1.19 bits per heavy atom. The maximum atomic E-state index is 12.7. The van der Waals surface area contributed by atoms with Gasteiger partial charge in [-0.15, -0.1) is 0 Å². The Morgan fingerprint density at radius 2 is 1.88 bits per heavy atom. The molecule has 0 saturated carbocycles. The average Bonchev–Trinajstić information content (AvgIpc) is 2.78. The maximum Gasteiger partial charge on any atom is 0.373 e. The normalized spacial score (nSPS) is 10.1. The lowest BCUT2D eigenvalue weighted by molar-refractivity contribution is 0.0566. The van der Waals surface area contributed by atoms with Crippen LogP contribution in [-0.2, 0) is 4.74 Å². The fourth-order valence-corrected chi connectivity index (χ4v) is 1.32. The van der Waals surface area contributed by atoms with Crippen LogP contribution in [0.2, 0.25) is 0 Å². The number of halogens is 1. The number of hydrogen-bond donors (Lipinski definition) is 0. The molecule has 1 aromatic carbocycles. The Balaban J connectivity index is 2.31. The third-order valence-corrected chi connectivity index (χ3v) is 2.12. The molecule has 1 heterocycles. The predicted octanol–water partition coefficient (Wildman–Crippen LogP) is 2.87. The Hall–Kier alpha value is -2.10. The summed E-state index contributed by atoms with van der Waals surface area (Å²) in [5.74, 6) is -0.223. The van der Waals surface area contributed by atoms with Crippen LogP contribution in [0.4, 0.5) is 4.39 Å². The third-order valence-electron chi connectivity index (χ3n) is 2.12. The average molecular weight is 220 g/mol. The number of carbonyl (C=O) groups excluding carboxylic acids is 1. The van der Waals surface area contributed by atoms with E-state index in [0.29, 0.717) is 11.3 Å². The van der Waals surface area contributed by atoms with Crippen LogP contribution in [-0.4, -0.2) is 13.1 Å². The number of benzene rings is 1. The molecule has 0 radical (unpaired) electrons. The van der Waals surface area contributed by atoms with Gasteiger partial charge in [-0.05, 0) is 36.4 Å². The van der Waals surface area contributed by atoms with Crippen LogP contribution in [0.3, 0.4) is 0 Å². The number of ether oxygens (including phenoxy) is 1. The highest BCUT2D eigenvalue weighted by Gasteiger charge is 2.11. The molecule has 16 heavy (non-hydrogen) atoms. The summed E-state index contributed by atoms with van der Waals surface area (Å²) in [7, 11) is 1.28. The Kier molecular flexibility index (Phi) is 2.72. The van der Waals surface area contributed by atoms with Gasteiger partial charge in [0.15, 0.2) is 0 Å². The Bertz CT molecular complexity index is 499. The highest BCUT2D eigenvalue weighted by molar-refractivity contribution is 5.86. The van der Waals surface area contributed by atoms with E-state index < -0.39 is 5.97 Å². The van der Waals surface area contributed by atoms with E-state index in [1.165, 1.54) is 25.3 Å². The minimum absolute atomic E-state index is 0.127. The standard InChI is InChI=1S/C12H9FO3/c1-15-12(14)11-7-6-10(16-11)8-2-4-9(13)5-3-8/h2-7H,1H3. The molecule has 0 atom stereocenters. The molecule has 0 N–H and O–H groups in total. The molecule has 0 aliphatic carbocycles. The molecule has 0 spiro atoms. The van der Waals surface area contributed by atoms with Crippen LogP contribution < -0.4 is 0 Å². The van der Waals surface area contributed by atoms with Gasteiger partial charge in [-0.2, -0.15) is 0 Å². The summed E-state index contributed by atoms with van der Waals surface area (Å²) < 4.78 is 22.5. The minimum Gasteiger partial charge on any atom is -0.463 e. The molecule has 1 aromatic heterocycles. The van der Waals surface area contributed by atoms with Crippen molar-refractivity contribution in [1.29, 1.82) is 0 Å². The van der Waals surface area contributed by atoms with Crippen molar-refractivity contribution in [3.63, 3.8) is 0 Å². The minimum atomic E-state index is -0.534. The van der Waals surface area contributed by atoms with Crippen LogP contribution in [0.15, 0.2) is 40.8 Å². The molecule has 0 amide bonds. The van der Waals surface area contributed by atoms with Crippen molar-refractivity contribution in [2.45, 2.75) is 0 Å². The summed E-state index contributed by atoms with van der Waals surface area (Å²) in [4.78, 5) is 11.1. The number of carbonyl (C=O) groups is 1. The van der Waals surface area contributed by atoms with Crippen molar-refractivity contribution in [1.82, 2.24) is 0 Å². The highest BCUT2D eigenvalue weighted by atomic mass is 19.1. The van der Waals surface area contributed by atoms with E-state index in [2.05, 4.69) is 4.74 Å². The van der Waals surface area contributed by atoms with Gasteiger partial charge < -0.3 is 9.15 Å². The molecule has 0 aliphatic rings. The predicted molar refractivity (Wildman–Crippen MR) is 55.4 cm³/mol. The molecule has 82 valence electrons. The molecular weight excluding hydrogens is 211 g/mol. The summed E-state index contributed by atoms with van der Waals surface area (Å²) in [5, 5.41) is 0. The number of hydrogen-bond acceptors (Lipinski definition) is 3. The van der Waals surface area contributed by atoms with Gasteiger partial charge in [0.05, 0.1) is 7.11 Å². The summed E-state index contributed by atoms with van der Waals surface area (Å²) in [6.45, 7) is 0. The molecule has 0 bridgehead atoms. The van der Waals surface area contributed by atoms with Crippen molar-refractivity contribution in [2.75, 3.05) is 7.11 Å². The largest absolute Gasteiger partial charge is 0.463 e. The van der Waals surface area contributed by atoms with Crippen molar-refractivity contribution >= 4 is 5.97 Å². The number of rotatable bonds is 2. The SMILES string of the molecule is COC(=O)c1ccc(-c2ccc(F)cc2)o1. The van der Waals surface area contributed by atoms with Gasteiger partial charge in [0.25, 0.3) is 0 Å². The van der Waals surface area contributed by atoms with Gasteiger partial charge in [-0.25, -0.2) is 9.18 Å². The first-order valence-corrected chi connectivity index (χ1v) is 4.65. The highest BCUT2D eigenvalue weighted by Crippen LogP contribution is 2.22. The van der Waals surface area contributed by atoms with Crippen molar-refractivity contribution in [2.24, 2.45) is 0 Å². The quantitative estimate of drug-likeness (QED) is 0.730. The monoisotopic (exact) mass is 220 g/mol. The lowest BCUT2D eigenvalue weighted by atomic mass is 10.2. The Labute approximate surface area is 91.5 Å². The van der Waals surface area contributed by atoms with E-state index in [9.17, 15) is 9.18 Å². The second-order valence-electron chi connectivity index (χ2n) is 3.16. The molecular formula is C12H9FO3. The van der Waals surface area contributed by atoms with Crippen LogP contribution in [0.25, 0.3) is 11.3 Å². The van der Waals surface area contributed by atoms with Crippen molar-refractivity contribution in [3.05, 3.63) is 48.0 Å². The summed E-state index contributed by atoms with van der Waals surface area (Å²) in [6.07, 6.45) is 0. The van der Waals surface area contributed by atoms with Crippen molar-refractivity contribution < 1.29 is 18.3 Å². The molecule has 2 rings (SSSR count). The Morgan fingerprint density at radius 3 is 2.50 bits per heavy atom. The molecule has 0 fully saturated rings. The third kappa shape index (κ3) is 1.95. The van der Waals surface area contributed by atoms with Gasteiger partial charge in [0.1, 0.15) is 11.6 Å². The van der Waals surface area contributed by atoms with Gasteiger partial charge >= 0.3 is 5.97 Å². The first kappa shape index (κ1) is 10.4. The zero-order chi connectivity index (χ0) is 11.5. The second-order valence-corrected chi connectivity index (χ2v) is 3.16. The number of esters is 1. The zero-order valence-corrected chi connectivity index (χ0v) is 8.57. The molecule has 0 saturated heterocycles. The molecule has 4 heteroatoms. The summed E-state index contributed by atoms with van der Waals surface area (Å²) in [5.41, 5.74) is 0.705. The fourth-order valence-electron chi connectivity index (χ4n) is 1.32. The molecule has 2 aromatic rings. The van der Waals surface area contributed by atoms with E-state index in [0.717, 1.165) is 0 Å². The van der Waals surface area contributed by atoms with Crippen LogP contribution >= 0.6 is 0 Å². The lowest BCUT2D eigenvalue weighted by Crippen LogP contribution is -1.98. The summed E-state index contributed by atoms with van der Waals surface area (Å²) in [6, 6.07) is 8.97. The van der Waals surface area contributed by atoms with Gasteiger partial charge in [0.2, 0.25) is 5.76 Å². The lowest BCUT2D eigenvalue weighted by Gasteiger charge is -1.96. The molecule has 3 nitrogen and oxygen atoms in total. The van der Waals surface area contributed by atoms with Gasteiger partial charge in [-0.1, -0.05) is 0 Å². The smallest absolute Gasteiger partial charge is 0.373 e. The maximum absolute atomic E-state index is 12.7. The number of methoxy groups -OCH3 is 1. The molecule has 0 unspecified atom stereocenters. The van der Waals surface area contributed by atoms with E-state index in [-0.39, 0.29) is 11.6 Å². The van der Waals surface area contributed by atoms with E-state index in [4.69, 9.17) is 4.42 Å². The first-order chi connectivity index (χ1) is 7.70.